The van der Waals surface area contributed by atoms with Crippen molar-refractivity contribution in [2.75, 3.05) is 43.4 Å². The highest BCUT2D eigenvalue weighted by Crippen LogP contribution is 2.22. The lowest BCUT2D eigenvalue weighted by molar-refractivity contribution is -0.136. The molecule has 2 aromatic rings. The van der Waals surface area contributed by atoms with Gasteiger partial charge in [-0.25, -0.2) is 0 Å². The van der Waals surface area contributed by atoms with Crippen LogP contribution in [0, 0.1) is 5.92 Å². The number of likely N-dealkylation sites (tertiary alicyclic amines) is 2. The van der Waals surface area contributed by atoms with Gasteiger partial charge in [0.05, 0.1) is 11.4 Å². The molecule has 0 bridgehead atoms. The van der Waals surface area contributed by atoms with Crippen molar-refractivity contribution in [2.45, 2.75) is 25.7 Å². The summed E-state index contributed by atoms with van der Waals surface area (Å²) < 4.78 is 0. The molecule has 0 aliphatic carbocycles. The van der Waals surface area contributed by atoms with E-state index in [2.05, 4.69) is 15.5 Å². The largest absolute Gasteiger partial charge is 0.342 e. The molecule has 0 saturated carbocycles. The zero-order valence-corrected chi connectivity index (χ0v) is 18.3. The van der Waals surface area contributed by atoms with Gasteiger partial charge in [-0.15, -0.1) is 11.3 Å². The number of rotatable bonds is 6. The SMILES string of the molecule is O=C(CN1CCC(C(=O)N2CCCC2)CC1)Nc1ccc(NC(=O)c2cccs2)cc1. The number of hydrogen-bond acceptors (Lipinski definition) is 5. The number of benzene rings is 1. The molecular weight excluding hydrogens is 412 g/mol. The Kier molecular flexibility index (Phi) is 6.99. The van der Waals surface area contributed by atoms with E-state index in [0.29, 0.717) is 28.7 Å². The molecule has 0 unspecified atom stereocenters. The van der Waals surface area contributed by atoms with Gasteiger partial charge < -0.3 is 15.5 Å². The van der Waals surface area contributed by atoms with Crippen molar-refractivity contribution in [2.24, 2.45) is 5.92 Å². The van der Waals surface area contributed by atoms with E-state index in [1.165, 1.54) is 11.3 Å². The van der Waals surface area contributed by atoms with E-state index < -0.39 is 0 Å². The van der Waals surface area contributed by atoms with Gasteiger partial charge in [-0.1, -0.05) is 6.07 Å². The summed E-state index contributed by atoms with van der Waals surface area (Å²) in [4.78, 5) is 41.8. The standard InChI is InChI=1S/C23H28N4O3S/c28-21(16-26-13-9-17(10-14-26)23(30)27-11-1-2-12-27)24-18-5-7-19(8-6-18)25-22(29)20-4-3-15-31-20/h3-8,15,17H,1-2,9-14,16H2,(H,24,28)(H,25,29). The zero-order chi connectivity index (χ0) is 21.6. The number of piperidine rings is 1. The fourth-order valence-electron chi connectivity index (χ4n) is 4.17. The summed E-state index contributed by atoms with van der Waals surface area (Å²) in [5.41, 5.74) is 1.37. The summed E-state index contributed by atoms with van der Waals surface area (Å²) in [7, 11) is 0. The van der Waals surface area contributed by atoms with Crippen LogP contribution in [0.25, 0.3) is 0 Å². The van der Waals surface area contributed by atoms with E-state index in [1.807, 2.05) is 16.3 Å². The highest BCUT2D eigenvalue weighted by molar-refractivity contribution is 7.12. The van der Waals surface area contributed by atoms with Crippen LogP contribution in [0.3, 0.4) is 0 Å². The fraction of sp³-hybridized carbons (Fsp3) is 0.435. The molecule has 164 valence electrons. The second-order valence-electron chi connectivity index (χ2n) is 8.14. The molecule has 3 amide bonds. The average Bonchev–Trinajstić information content (AvgIpc) is 3.50. The first-order valence-corrected chi connectivity index (χ1v) is 11.7. The maximum Gasteiger partial charge on any atom is 0.265 e. The van der Waals surface area contributed by atoms with Gasteiger partial charge in [0.15, 0.2) is 0 Å². The highest BCUT2D eigenvalue weighted by atomic mass is 32.1. The zero-order valence-electron chi connectivity index (χ0n) is 17.5. The molecule has 8 heteroatoms. The van der Waals surface area contributed by atoms with Crippen LogP contribution < -0.4 is 10.6 Å². The molecule has 2 saturated heterocycles. The molecule has 2 aliphatic rings. The number of nitrogens with one attached hydrogen (secondary N) is 2. The van der Waals surface area contributed by atoms with E-state index in [0.717, 1.165) is 51.9 Å². The van der Waals surface area contributed by atoms with Gasteiger partial charge in [0.1, 0.15) is 0 Å². The second kappa shape index (κ2) is 10.1. The first-order valence-electron chi connectivity index (χ1n) is 10.8. The van der Waals surface area contributed by atoms with Gasteiger partial charge in [0.25, 0.3) is 5.91 Å². The average molecular weight is 441 g/mol. The quantitative estimate of drug-likeness (QED) is 0.722. The van der Waals surface area contributed by atoms with Gasteiger partial charge in [-0.2, -0.15) is 0 Å². The minimum Gasteiger partial charge on any atom is -0.342 e. The Morgan fingerprint density at radius 3 is 2.16 bits per heavy atom. The molecular formula is C23H28N4O3S. The van der Waals surface area contributed by atoms with Crippen LogP contribution in [-0.2, 0) is 9.59 Å². The van der Waals surface area contributed by atoms with Gasteiger partial charge >= 0.3 is 0 Å². The second-order valence-corrected chi connectivity index (χ2v) is 9.09. The molecule has 31 heavy (non-hydrogen) atoms. The summed E-state index contributed by atoms with van der Waals surface area (Å²) in [6.45, 7) is 3.66. The van der Waals surface area contributed by atoms with Gasteiger partial charge in [0.2, 0.25) is 11.8 Å². The summed E-state index contributed by atoms with van der Waals surface area (Å²) >= 11 is 1.39. The molecule has 2 N–H and O–H groups in total. The molecule has 7 nitrogen and oxygen atoms in total. The molecule has 2 aliphatic heterocycles. The lowest BCUT2D eigenvalue weighted by atomic mass is 9.95. The predicted molar refractivity (Wildman–Crippen MR) is 122 cm³/mol. The molecule has 1 aromatic carbocycles. The maximum atomic E-state index is 12.5. The van der Waals surface area contributed by atoms with E-state index in [1.54, 1.807) is 30.3 Å². The molecule has 4 rings (SSSR count). The summed E-state index contributed by atoms with van der Waals surface area (Å²) in [5.74, 6) is 0.195. The van der Waals surface area contributed by atoms with Crippen LogP contribution in [0.15, 0.2) is 41.8 Å². The lowest BCUT2D eigenvalue weighted by Gasteiger charge is -2.32. The van der Waals surface area contributed by atoms with E-state index in [9.17, 15) is 14.4 Å². The number of hydrogen-bond donors (Lipinski definition) is 2. The number of thiophene rings is 1. The lowest BCUT2D eigenvalue weighted by Crippen LogP contribution is -2.43. The van der Waals surface area contributed by atoms with Crippen LogP contribution in [0.4, 0.5) is 11.4 Å². The normalized spacial score (nSPS) is 17.5. The monoisotopic (exact) mass is 440 g/mol. The van der Waals surface area contributed by atoms with Gasteiger partial charge in [0, 0.05) is 30.4 Å². The Bertz CT molecular complexity index is 899. The molecule has 0 radical (unpaired) electrons. The highest BCUT2D eigenvalue weighted by Gasteiger charge is 2.30. The Morgan fingerprint density at radius 1 is 0.903 bits per heavy atom. The van der Waals surface area contributed by atoms with Crippen LogP contribution in [0.2, 0.25) is 0 Å². The predicted octanol–water partition coefficient (Wildman–Crippen LogP) is 3.27. The van der Waals surface area contributed by atoms with Crippen molar-refractivity contribution < 1.29 is 14.4 Å². The first kappa shape index (κ1) is 21.5. The third-order valence-electron chi connectivity index (χ3n) is 5.89. The van der Waals surface area contributed by atoms with Crippen LogP contribution in [0.1, 0.15) is 35.4 Å². The van der Waals surface area contributed by atoms with Crippen molar-refractivity contribution in [3.8, 4) is 0 Å². The van der Waals surface area contributed by atoms with Gasteiger partial charge in [-0.3, -0.25) is 19.3 Å². The van der Waals surface area contributed by atoms with Crippen LogP contribution in [-0.4, -0.2) is 60.2 Å². The maximum absolute atomic E-state index is 12.5. The topological polar surface area (TPSA) is 81.8 Å². The molecule has 3 heterocycles. The molecule has 2 fully saturated rings. The van der Waals surface area contributed by atoms with E-state index in [-0.39, 0.29) is 17.7 Å². The van der Waals surface area contributed by atoms with Crippen LogP contribution in [0.5, 0.6) is 0 Å². The fourth-order valence-corrected chi connectivity index (χ4v) is 4.79. The summed E-state index contributed by atoms with van der Waals surface area (Å²) in [6.07, 6.45) is 3.88. The van der Waals surface area contributed by atoms with Crippen molar-refractivity contribution in [1.29, 1.82) is 0 Å². The molecule has 0 atom stereocenters. The summed E-state index contributed by atoms with van der Waals surface area (Å²) in [6, 6.07) is 10.7. The third kappa shape index (κ3) is 5.71. The number of carbonyl (C=O) groups excluding carboxylic acids is 3. The molecule has 1 aromatic heterocycles. The summed E-state index contributed by atoms with van der Waals surface area (Å²) in [5, 5.41) is 7.62. The van der Waals surface area contributed by atoms with E-state index >= 15 is 0 Å². The van der Waals surface area contributed by atoms with E-state index in [4.69, 9.17) is 0 Å². The Labute approximate surface area is 186 Å². The van der Waals surface area contributed by atoms with Gasteiger partial charge in [-0.05, 0) is 74.5 Å². The number of anilines is 2. The first-order chi connectivity index (χ1) is 15.1. The Hall–Kier alpha value is -2.71. The van der Waals surface area contributed by atoms with Crippen molar-refractivity contribution in [1.82, 2.24) is 9.80 Å². The van der Waals surface area contributed by atoms with Crippen molar-refractivity contribution in [3.63, 3.8) is 0 Å². The smallest absolute Gasteiger partial charge is 0.265 e. The Morgan fingerprint density at radius 2 is 1.55 bits per heavy atom. The molecule has 0 spiro atoms. The third-order valence-corrected chi connectivity index (χ3v) is 6.76. The minimum absolute atomic E-state index is 0.0697. The van der Waals surface area contributed by atoms with Crippen molar-refractivity contribution in [3.05, 3.63) is 46.7 Å². The Balaban J connectivity index is 1.20. The van der Waals surface area contributed by atoms with Crippen LogP contribution >= 0.6 is 11.3 Å². The number of amides is 3. The van der Waals surface area contributed by atoms with Crippen molar-refractivity contribution >= 4 is 40.4 Å². The minimum atomic E-state index is -0.140. The number of nitrogens with zero attached hydrogens (tertiary/aromatic N) is 2. The number of carbonyl (C=O) groups is 3.